The van der Waals surface area contributed by atoms with Gasteiger partial charge in [-0.15, -0.1) is 0 Å². The van der Waals surface area contributed by atoms with Crippen molar-refractivity contribution in [2.75, 3.05) is 5.32 Å². The van der Waals surface area contributed by atoms with Crippen LogP contribution in [0.3, 0.4) is 0 Å². The molecule has 20 heavy (non-hydrogen) atoms. The van der Waals surface area contributed by atoms with Gasteiger partial charge < -0.3 is 10.6 Å². The number of rotatable bonds is 3. The van der Waals surface area contributed by atoms with Gasteiger partial charge in [0.25, 0.3) is 0 Å². The van der Waals surface area contributed by atoms with Crippen molar-refractivity contribution in [3.05, 3.63) is 62.4 Å². The van der Waals surface area contributed by atoms with Crippen LogP contribution in [-0.2, 0) is 6.54 Å². The second kappa shape index (κ2) is 7.19. The average molecular weight is 421 g/mol. The summed E-state index contributed by atoms with van der Waals surface area (Å²) < 4.78 is 14.2. The molecule has 0 aliphatic rings. The monoisotopic (exact) mass is 420 g/mol. The van der Waals surface area contributed by atoms with Crippen LogP contribution in [0.25, 0.3) is 0 Å². The second-order valence-electron chi connectivity index (χ2n) is 4.07. The summed E-state index contributed by atoms with van der Waals surface area (Å²) in [7, 11) is 0. The van der Waals surface area contributed by atoms with E-state index in [0.717, 1.165) is 5.56 Å². The third-order valence-electron chi connectivity index (χ3n) is 2.52. The molecule has 0 radical (unpaired) electrons. The molecule has 0 heterocycles. The highest BCUT2D eigenvalue weighted by atomic mass is 127. The molecule has 0 aliphatic heterocycles. The van der Waals surface area contributed by atoms with Gasteiger partial charge in [-0.25, -0.2) is 4.39 Å². The molecule has 0 unspecified atom stereocenters. The van der Waals surface area contributed by atoms with Gasteiger partial charge in [-0.2, -0.15) is 0 Å². The third kappa shape index (κ3) is 4.57. The molecular formula is C14H11ClFIN2S. The van der Waals surface area contributed by atoms with Gasteiger partial charge in [0.2, 0.25) is 0 Å². The van der Waals surface area contributed by atoms with E-state index in [0.29, 0.717) is 17.3 Å². The predicted molar refractivity (Wildman–Crippen MR) is 93.6 cm³/mol. The molecule has 104 valence electrons. The van der Waals surface area contributed by atoms with E-state index in [2.05, 4.69) is 39.3 Å². The zero-order valence-electron chi connectivity index (χ0n) is 10.3. The first-order valence-electron chi connectivity index (χ1n) is 5.79. The normalized spacial score (nSPS) is 10.2. The van der Waals surface area contributed by atoms with E-state index in [1.165, 1.54) is 15.7 Å². The highest BCUT2D eigenvalue weighted by Crippen LogP contribution is 2.19. The van der Waals surface area contributed by atoms with Crippen molar-refractivity contribution in [2.45, 2.75) is 6.54 Å². The summed E-state index contributed by atoms with van der Waals surface area (Å²) in [5.74, 6) is -0.449. The topological polar surface area (TPSA) is 24.1 Å². The minimum Gasteiger partial charge on any atom is -0.358 e. The van der Waals surface area contributed by atoms with E-state index in [9.17, 15) is 4.39 Å². The molecule has 2 N–H and O–H groups in total. The minimum absolute atomic E-state index is 0.0652. The van der Waals surface area contributed by atoms with Gasteiger partial charge in [-0.1, -0.05) is 23.7 Å². The Morgan fingerprint density at radius 2 is 2.05 bits per heavy atom. The van der Waals surface area contributed by atoms with Crippen LogP contribution in [0.1, 0.15) is 5.56 Å². The van der Waals surface area contributed by atoms with Crippen molar-refractivity contribution >= 4 is 57.2 Å². The molecule has 0 aromatic heterocycles. The lowest BCUT2D eigenvalue weighted by molar-refractivity contribution is 0.628. The number of anilines is 1. The summed E-state index contributed by atoms with van der Waals surface area (Å²) in [5.41, 5.74) is 1.79. The molecular weight excluding hydrogens is 410 g/mol. The van der Waals surface area contributed by atoms with Crippen LogP contribution in [0.15, 0.2) is 42.5 Å². The molecule has 2 rings (SSSR count). The maximum atomic E-state index is 13.0. The zero-order valence-corrected chi connectivity index (χ0v) is 14.0. The Kier molecular flexibility index (Phi) is 5.56. The summed E-state index contributed by atoms with van der Waals surface area (Å²) in [6.07, 6.45) is 0. The quantitative estimate of drug-likeness (QED) is 0.562. The Morgan fingerprint density at radius 3 is 2.75 bits per heavy atom. The van der Waals surface area contributed by atoms with E-state index in [1.54, 1.807) is 6.07 Å². The van der Waals surface area contributed by atoms with Gasteiger partial charge in [0, 0.05) is 15.8 Å². The van der Waals surface area contributed by atoms with Gasteiger partial charge in [-0.05, 0) is 70.7 Å². The van der Waals surface area contributed by atoms with E-state index in [-0.39, 0.29) is 5.02 Å². The fourth-order valence-corrected chi connectivity index (χ4v) is 2.56. The number of benzene rings is 2. The van der Waals surface area contributed by atoms with Crippen molar-refractivity contribution in [3.63, 3.8) is 0 Å². The molecule has 0 fully saturated rings. The number of nitrogens with one attached hydrogen (secondary N) is 2. The van der Waals surface area contributed by atoms with Crippen molar-refractivity contribution in [1.29, 1.82) is 0 Å². The average Bonchev–Trinajstić information content (AvgIpc) is 2.41. The Balaban J connectivity index is 1.91. The first-order valence-corrected chi connectivity index (χ1v) is 7.65. The highest BCUT2D eigenvalue weighted by molar-refractivity contribution is 14.1. The summed E-state index contributed by atoms with van der Waals surface area (Å²) in [6, 6.07) is 12.5. The van der Waals surface area contributed by atoms with E-state index < -0.39 is 5.82 Å². The van der Waals surface area contributed by atoms with Crippen LogP contribution in [0.4, 0.5) is 10.1 Å². The lowest BCUT2D eigenvalue weighted by atomic mass is 10.2. The second-order valence-corrected chi connectivity index (χ2v) is 6.13. The summed E-state index contributed by atoms with van der Waals surface area (Å²) in [6.45, 7) is 0.623. The summed E-state index contributed by atoms with van der Waals surface area (Å²) in [4.78, 5) is 0. The Labute approximate surface area is 140 Å². The fourth-order valence-electron chi connectivity index (χ4n) is 1.58. The molecule has 2 aromatic carbocycles. The Bertz CT molecular complexity index is 636. The summed E-state index contributed by atoms with van der Waals surface area (Å²) >= 11 is 13.2. The van der Waals surface area contributed by atoms with Crippen LogP contribution < -0.4 is 10.6 Å². The third-order valence-corrected chi connectivity index (χ3v) is 3.73. The van der Waals surface area contributed by atoms with E-state index in [4.69, 9.17) is 23.8 Å². The van der Waals surface area contributed by atoms with Crippen LogP contribution >= 0.6 is 46.4 Å². The minimum atomic E-state index is -0.449. The van der Waals surface area contributed by atoms with Crippen molar-refractivity contribution < 1.29 is 4.39 Å². The van der Waals surface area contributed by atoms with Gasteiger partial charge in [0.15, 0.2) is 5.11 Å². The first-order chi connectivity index (χ1) is 9.54. The molecule has 0 saturated carbocycles. The SMILES string of the molecule is Fc1ccc(NC(=S)NCc2cccc(I)c2)cc1Cl. The molecule has 0 spiro atoms. The molecule has 6 heteroatoms. The molecule has 2 aromatic rings. The number of thiocarbonyl (C=S) groups is 1. The lowest BCUT2D eigenvalue weighted by Gasteiger charge is -2.11. The highest BCUT2D eigenvalue weighted by Gasteiger charge is 2.03. The van der Waals surface area contributed by atoms with Crippen molar-refractivity contribution in [1.82, 2.24) is 5.32 Å². The van der Waals surface area contributed by atoms with Gasteiger partial charge in [0.1, 0.15) is 5.82 Å². The van der Waals surface area contributed by atoms with Gasteiger partial charge in [-0.3, -0.25) is 0 Å². The zero-order chi connectivity index (χ0) is 14.5. The predicted octanol–water partition coefficient (Wildman–Crippen LogP) is 4.57. The van der Waals surface area contributed by atoms with Crippen molar-refractivity contribution in [2.24, 2.45) is 0 Å². The fraction of sp³-hybridized carbons (Fsp3) is 0.0714. The largest absolute Gasteiger partial charge is 0.358 e. The van der Waals surface area contributed by atoms with Gasteiger partial charge in [0.05, 0.1) is 5.02 Å². The Morgan fingerprint density at radius 1 is 1.25 bits per heavy atom. The molecule has 0 saturated heterocycles. The number of halogens is 3. The van der Waals surface area contributed by atoms with E-state index >= 15 is 0 Å². The molecule has 2 nitrogen and oxygen atoms in total. The molecule has 0 atom stereocenters. The van der Waals surface area contributed by atoms with Gasteiger partial charge >= 0.3 is 0 Å². The lowest BCUT2D eigenvalue weighted by Crippen LogP contribution is -2.27. The van der Waals surface area contributed by atoms with Crippen molar-refractivity contribution in [3.8, 4) is 0 Å². The van der Waals surface area contributed by atoms with Crippen LogP contribution in [-0.4, -0.2) is 5.11 Å². The van der Waals surface area contributed by atoms with Crippen LogP contribution in [0.5, 0.6) is 0 Å². The number of hydrogen-bond donors (Lipinski definition) is 2. The van der Waals surface area contributed by atoms with Crippen LogP contribution in [0.2, 0.25) is 5.02 Å². The molecule has 0 amide bonds. The maximum absolute atomic E-state index is 13.0. The first kappa shape index (κ1) is 15.5. The smallest absolute Gasteiger partial charge is 0.171 e. The standard InChI is InChI=1S/C14H11ClFIN2S/c15-12-7-11(4-5-13(12)16)19-14(20)18-8-9-2-1-3-10(17)6-9/h1-7H,8H2,(H2,18,19,20). The number of hydrogen-bond acceptors (Lipinski definition) is 1. The molecule has 0 bridgehead atoms. The van der Waals surface area contributed by atoms with E-state index in [1.807, 2.05) is 18.2 Å². The Hall–Kier alpha value is -0.920. The van der Waals surface area contributed by atoms with Crippen LogP contribution in [0, 0.1) is 9.39 Å². The summed E-state index contributed by atoms with van der Waals surface area (Å²) in [5, 5.41) is 6.58. The molecule has 0 aliphatic carbocycles. The maximum Gasteiger partial charge on any atom is 0.171 e.